The van der Waals surface area contributed by atoms with Gasteiger partial charge in [0.05, 0.1) is 16.2 Å². The van der Waals surface area contributed by atoms with Crippen LogP contribution in [-0.2, 0) is 16.4 Å². The van der Waals surface area contributed by atoms with E-state index in [1.807, 2.05) is 6.92 Å². The number of amides is 1. The highest BCUT2D eigenvalue weighted by atomic mass is 32.2. The molecule has 2 aromatic rings. The summed E-state index contributed by atoms with van der Waals surface area (Å²) in [5.74, 6) is -1.24. The van der Waals surface area contributed by atoms with E-state index in [9.17, 15) is 18.0 Å². The molecule has 26 heavy (non-hydrogen) atoms. The van der Waals surface area contributed by atoms with Crippen molar-refractivity contribution in [1.82, 2.24) is 5.32 Å². The van der Waals surface area contributed by atoms with E-state index in [0.29, 0.717) is 12.0 Å². The van der Waals surface area contributed by atoms with Crippen LogP contribution >= 0.6 is 0 Å². The maximum Gasteiger partial charge on any atom is 0.335 e. The maximum atomic E-state index is 12.2. The number of nitrogens with one attached hydrogen (secondary N) is 1. The molecule has 2 N–H and O–H groups in total. The number of carbonyl (C=O) groups is 2. The van der Waals surface area contributed by atoms with Gasteiger partial charge in [0.1, 0.15) is 0 Å². The summed E-state index contributed by atoms with van der Waals surface area (Å²) in [4.78, 5) is 23.2. The summed E-state index contributed by atoms with van der Waals surface area (Å²) in [6, 6.07) is 12.1. The van der Waals surface area contributed by atoms with Gasteiger partial charge in [0.15, 0.2) is 9.84 Å². The maximum absolute atomic E-state index is 12.2. The first-order valence-electron chi connectivity index (χ1n) is 8.26. The Kier molecular flexibility index (Phi) is 6.52. The molecule has 0 aliphatic rings. The highest BCUT2D eigenvalue weighted by Gasteiger charge is 2.14. The molecule has 0 atom stereocenters. The molecule has 0 saturated heterocycles. The van der Waals surface area contributed by atoms with Crippen LogP contribution in [0.3, 0.4) is 0 Å². The van der Waals surface area contributed by atoms with Gasteiger partial charge in [-0.25, -0.2) is 13.2 Å². The molecule has 0 aromatic heterocycles. The lowest BCUT2D eigenvalue weighted by molar-refractivity contribution is 0.0696. The third kappa shape index (κ3) is 5.16. The Labute approximate surface area is 152 Å². The van der Waals surface area contributed by atoms with E-state index in [1.165, 1.54) is 36.4 Å². The van der Waals surface area contributed by atoms with Crippen molar-refractivity contribution in [2.75, 3.05) is 5.75 Å². The molecule has 2 aromatic carbocycles. The first-order valence-corrected chi connectivity index (χ1v) is 9.92. The molecule has 0 aliphatic heterocycles. The monoisotopic (exact) mass is 375 g/mol. The second-order valence-corrected chi connectivity index (χ2v) is 7.99. The minimum Gasteiger partial charge on any atom is -0.478 e. The van der Waals surface area contributed by atoms with E-state index < -0.39 is 15.8 Å². The van der Waals surface area contributed by atoms with Gasteiger partial charge in [-0.15, -0.1) is 0 Å². The Hall–Kier alpha value is -2.67. The number of hydrogen-bond donors (Lipinski definition) is 2. The minimum absolute atomic E-state index is 0.0986. The molecule has 1 amide bonds. The molecule has 0 saturated carbocycles. The molecule has 0 fully saturated rings. The summed E-state index contributed by atoms with van der Waals surface area (Å²) in [6.07, 6.45) is 1.40. The SMILES string of the molecule is CCCCS(=O)(=O)c1ccc(C(=O)NCc2ccc(C(=O)O)cc2)cc1. The second kappa shape index (κ2) is 8.62. The van der Waals surface area contributed by atoms with Crippen LogP contribution in [0.4, 0.5) is 0 Å². The topological polar surface area (TPSA) is 101 Å². The minimum atomic E-state index is -3.31. The Morgan fingerprint density at radius 1 is 0.962 bits per heavy atom. The van der Waals surface area contributed by atoms with Crippen LogP contribution in [0.15, 0.2) is 53.4 Å². The molecule has 0 unspecified atom stereocenters. The zero-order valence-electron chi connectivity index (χ0n) is 14.4. The summed E-state index contributed by atoms with van der Waals surface area (Å²) in [7, 11) is -3.31. The number of aromatic carboxylic acids is 1. The smallest absolute Gasteiger partial charge is 0.335 e. The molecule has 6 nitrogen and oxygen atoms in total. The average Bonchev–Trinajstić information content (AvgIpc) is 2.65. The fourth-order valence-electron chi connectivity index (χ4n) is 2.32. The number of rotatable bonds is 8. The van der Waals surface area contributed by atoms with E-state index in [-0.39, 0.29) is 28.7 Å². The highest BCUT2D eigenvalue weighted by molar-refractivity contribution is 7.91. The number of carboxylic acid groups (broad SMARTS) is 1. The fraction of sp³-hybridized carbons (Fsp3) is 0.263. The lowest BCUT2D eigenvalue weighted by Crippen LogP contribution is -2.22. The zero-order valence-corrected chi connectivity index (χ0v) is 15.3. The summed E-state index contributed by atoms with van der Waals surface area (Å²) < 4.78 is 24.2. The molecule has 0 spiro atoms. The van der Waals surface area contributed by atoms with Gasteiger partial charge in [0, 0.05) is 12.1 Å². The third-order valence-corrected chi connectivity index (χ3v) is 5.71. The van der Waals surface area contributed by atoms with Crippen LogP contribution in [0.25, 0.3) is 0 Å². The zero-order chi connectivity index (χ0) is 19.2. The van der Waals surface area contributed by atoms with Gasteiger partial charge >= 0.3 is 5.97 Å². The number of sulfone groups is 1. The highest BCUT2D eigenvalue weighted by Crippen LogP contribution is 2.14. The first kappa shape index (κ1) is 19.7. The van der Waals surface area contributed by atoms with Crippen LogP contribution in [0.2, 0.25) is 0 Å². The van der Waals surface area contributed by atoms with Crippen LogP contribution < -0.4 is 5.32 Å². The second-order valence-electron chi connectivity index (χ2n) is 5.88. The quantitative estimate of drug-likeness (QED) is 0.739. The van der Waals surface area contributed by atoms with E-state index >= 15 is 0 Å². The molecular weight excluding hydrogens is 354 g/mol. The first-order chi connectivity index (χ1) is 12.3. The van der Waals surface area contributed by atoms with Crippen molar-refractivity contribution in [3.63, 3.8) is 0 Å². The van der Waals surface area contributed by atoms with Crippen LogP contribution in [0.5, 0.6) is 0 Å². The predicted molar refractivity (Wildman–Crippen MR) is 98.0 cm³/mol. The molecule has 0 bridgehead atoms. The van der Waals surface area contributed by atoms with Gasteiger partial charge < -0.3 is 10.4 Å². The standard InChI is InChI=1S/C19H21NO5S/c1-2-3-12-26(24,25)17-10-8-15(9-11-17)18(21)20-13-14-4-6-16(7-5-14)19(22)23/h4-11H,2-3,12-13H2,1H3,(H,20,21)(H,22,23). The molecule has 2 rings (SSSR count). The Morgan fingerprint density at radius 3 is 2.08 bits per heavy atom. The van der Waals surface area contributed by atoms with Gasteiger partial charge in [-0.1, -0.05) is 25.5 Å². The number of hydrogen-bond acceptors (Lipinski definition) is 4. The van der Waals surface area contributed by atoms with Crippen LogP contribution in [-0.4, -0.2) is 31.2 Å². The largest absolute Gasteiger partial charge is 0.478 e. The summed E-state index contributed by atoms with van der Waals surface area (Å²) in [5, 5.41) is 11.6. The van der Waals surface area contributed by atoms with Gasteiger partial charge in [0.25, 0.3) is 5.91 Å². The summed E-state index contributed by atoms with van der Waals surface area (Å²) >= 11 is 0. The molecule has 0 radical (unpaired) electrons. The Morgan fingerprint density at radius 2 is 1.54 bits per heavy atom. The van der Waals surface area contributed by atoms with Crippen molar-refractivity contribution in [2.24, 2.45) is 0 Å². The predicted octanol–water partition coefficient (Wildman–Crippen LogP) is 2.89. The van der Waals surface area contributed by atoms with Crippen LogP contribution in [0, 0.1) is 0 Å². The van der Waals surface area contributed by atoms with Crippen molar-refractivity contribution in [3.8, 4) is 0 Å². The average molecular weight is 375 g/mol. The van der Waals surface area contributed by atoms with Crippen molar-refractivity contribution in [2.45, 2.75) is 31.2 Å². The molecular formula is C19H21NO5S. The Balaban J connectivity index is 1.98. The van der Waals surface area contributed by atoms with Crippen molar-refractivity contribution >= 4 is 21.7 Å². The normalized spacial score (nSPS) is 11.1. The van der Waals surface area contributed by atoms with Crippen molar-refractivity contribution in [1.29, 1.82) is 0 Å². The number of unbranched alkanes of at least 4 members (excludes halogenated alkanes) is 1. The molecule has 7 heteroatoms. The Bertz CT molecular complexity index is 871. The molecule has 0 heterocycles. The molecule has 0 aliphatic carbocycles. The lowest BCUT2D eigenvalue weighted by atomic mass is 10.1. The number of carbonyl (C=O) groups excluding carboxylic acids is 1. The van der Waals surface area contributed by atoms with Crippen molar-refractivity contribution in [3.05, 3.63) is 65.2 Å². The number of carboxylic acids is 1. The van der Waals surface area contributed by atoms with E-state index in [4.69, 9.17) is 5.11 Å². The lowest BCUT2D eigenvalue weighted by Gasteiger charge is -2.07. The van der Waals surface area contributed by atoms with E-state index in [1.54, 1.807) is 12.1 Å². The van der Waals surface area contributed by atoms with Gasteiger partial charge in [-0.05, 0) is 48.4 Å². The van der Waals surface area contributed by atoms with Gasteiger partial charge in [0.2, 0.25) is 0 Å². The summed E-state index contributed by atoms with van der Waals surface area (Å²) in [5.41, 5.74) is 1.31. The van der Waals surface area contributed by atoms with E-state index in [2.05, 4.69) is 5.32 Å². The number of benzene rings is 2. The van der Waals surface area contributed by atoms with Gasteiger partial charge in [-0.2, -0.15) is 0 Å². The fourth-order valence-corrected chi connectivity index (χ4v) is 3.77. The molecule has 138 valence electrons. The van der Waals surface area contributed by atoms with Crippen molar-refractivity contribution < 1.29 is 23.1 Å². The van der Waals surface area contributed by atoms with Gasteiger partial charge in [-0.3, -0.25) is 4.79 Å². The van der Waals surface area contributed by atoms with E-state index in [0.717, 1.165) is 12.0 Å². The van der Waals surface area contributed by atoms with Crippen LogP contribution in [0.1, 0.15) is 46.0 Å². The summed E-state index contributed by atoms with van der Waals surface area (Å²) in [6.45, 7) is 2.17. The third-order valence-electron chi connectivity index (χ3n) is 3.90.